The van der Waals surface area contributed by atoms with Crippen LogP contribution in [0.2, 0.25) is 0 Å². The molecule has 4 rings (SSSR count). The van der Waals surface area contributed by atoms with Gasteiger partial charge in [-0.1, -0.05) is 42.5 Å². The number of hydrogen-bond donors (Lipinski definition) is 0. The van der Waals surface area contributed by atoms with Crippen LogP contribution >= 0.6 is 0 Å². The molecule has 0 aliphatic carbocycles. The fourth-order valence-electron chi connectivity index (χ4n) is 3.68. The molecule has 2 heterocycles. The first-order chi connectivity index (χ1) is 16.6. The highest BCUT2D eigenvalue weighted by atomic mass is 16.6. The number of para-hydroxylation sites is 2. The van der Waals surface area contributed by atoms with E-state index in [2.05, 4.69) is 4.98 Å². The summed E-state index contributed by atoms with van der Waals surface area (Å²) in [7, 11) is 0. The summed E-state index contributed by atoms with van der Waals surface area (Å²) in [5.41, 5.74) is 2.24. The molecule has 0 atom stereocenters. The van der Waals surface area contributed by atoms with Crippen LogP contribution in [0.25, 0.3) is 11.1 Å². The van der Waals surface area contributed by atoms with E-state index < -0.39 is 12.2 Å². The van der Waals surface area contributed by atoms with Crippen molar-refractivity contribution in [2.75, 3.05) is 39.4 Å². The van der Waals surface area contributed by atoms with Gasteiger partial charge in [0.1, 0.15) is 5.52 Å². The van der Waals surface area contributed by atoms with Gasteiger partial charge in [-0.2, -0.15) is 0 Å². The first-order valence-corrected chi connectivity index (χ1v) is 11.4. The van der Waals surface area contributed by atoms with E-state index >= 15 is 0 Å². The van der Waals surface area contributed by atoms with Gasteiger partial charge in [0.25, 0.3) is 5.89 Å². The van der Waals surface area contributed by atoms with Crippen LogP contribution in [0, 0.1) is 0 Å². The number of morpholine rings is 1. The van der Waals surface area contributed by atoms with Gasteiger partial charge in [0.2, 0.25) is 5.78 Å². The van der Waals surface area contributed by atoms with Crippen LogP contribution < -0.4 is 0 Å². The number of ether oxygens (including phenoxy) is 2. The Bertz CT molecular complexity index is 1090. The standard InChI is InChI=1S/C25H27N3O6/c29-21(23-26-20-9-4-5-11-22(20)33-23)10-6-13-27(14-12-19-7-2-1-3-8-19)24(30)34-25(31)28-15-17-32-18-16-28/h1-5,7-9,11H,6,10,12-18H2. The lowest BCUT2D eigenvalue weighted by molar-refractivity contribution is 0.0311. The van der Waals surface area contributed by atoms with Crippen LogP contribution in [0.1, 0.15) is 29.1 Å². The molecule has 1 saturated heterocycles. The molecule has 3 aromatic rings. The highest BCUT2D eigenvalue weighted by Gasteiger charge is 2.25. The van der Waals surface area contributed by atoms with Crippen molar-refractivity contribution in [1.29, 1.82) is 0 Å². The lowest BCUT2D eigenvalue weighted by atomic mass is 10.1. The van der Waals surface area contributed by atoms with Crippen molar-refractivity contribution in [3.63, 3.8) is 0 Å². The third-order valence-electron chi connectivity index (χ3n) is 5.58. The molecular formula is C25H27N3O6. The number of nitrogens with zero attached hydrogens (tertiary/aromatic N) is 3. The topological polar surface area (TPSA) is 102 Å². The van der Waals surface area contributed by atoms with Crippen molar-refractivity contribution in [2.45, 2.75) is 19.3 Å². The van der Waals surface area contributed by atoms with Crippen molar-refractivity contribution in [2.24, 2.45) is 0 Å². The maximum atomic E-state index is 12.8. The van der Waals surface area contributed by atoms with Gasteiger partial charge >= 0.3 is 12.2 Å². The molecule has 2 amide bonds. The Morgan fingerprint density at radius 1 is 0.971 bits per heavy atom. The summed E-state index contributed by atoms with van der Waals surface area (Å²) in [6.07, 6.45) is -0.268. The SMILES string of the molecule is O=C(CCCN(CCc1ccccc1)C(=O)OC(=O)N1CCOCC1)c1nc2ccccc2o1. The average Bonchev–Trinajstić information content (AvgIpc) is 3.31. The Kier molecular flexibility index (Phi) is 7.87. The van der Waals surface area contributed by atoms with Gasteiger partial charge in [-0.05, 0) is 30.5 Å². The summed E-state index contributed by atoms with van der Waals surface area (Å²) in [6.45, 7) is 2.21. The number of aromatic nitrogens is 1. The average molecular weight is 466 g/mol. The molecule has 1 aliphatic rings. The maximum Gasteiger partial charge on any atom is 0.418 e. The van der Waals surface area contributed by atoms with Crippen LogP contribution in [0.4, 0.5) is 9.59 Å². The van der Waals surface area contributed by atoms with E-state index in [4.69, 9.17) is 13.9 Å². The smallest absolute Gasteiger partial charge is 0.418 e. The second-order valence-electron chi connectivity index (χ2n) is 7.97. The van der Waals surface area contributed by atoms with Gasteiger partial charge in [0.15, 0.2) is 5.58 Å². The van der Waals surface area contributed by atoms with Crippen molar-refractivity contribution < 1.29 is 28.3 Å². The fraction of sp³-hybridized carbons (Fsp3) is 0.360. The Labute approximate surface area is 197 Å². The second-order valence-corrected chi connectivity index (χ2v) is 7.97. The molecule has 34 heavy (non-hydrogen) atoms. The van der Waals surface area contributed by atoms with Gasteiger partial charge in [-0.15, -0.1) is 0 Å². The number of benzene rings is 2. The Balaban J connectivity index is 1.34. The summed E-state index contributed by atoms with van der Waals surface area (Å²) < 4.78 is 15.9. The number of fused-ring (bicyclic) bond motifs is 1. The molecule has 0 bridgehead atoms. The van der Waals surface area contributed by atoms with E-state index in [1.165, 1.54) is 9.80 Å². The normalized spacial score (nSPS) is 13.6. The first-order valence-electron chi connectivity index (χ1n) is 11.4. The lowest BCUT2D eigenvalue weighted by Gasteiger charge is -2.27. The number of hydrogen-bond acceptors (Lipinski definition) is 7. The number of carbonyl (C=O) groups excluding carboxylic acids is 3. The molecule has 0 spiro atoms. The van der Waals surface area contributed by atoms with E-state index in [9.17, 15) is 14.4 Å². The number of carbonyl (C=O) groups is 3. The number of oxazole rings is 1. The van der Waals surface area contributed by atoms with Gasteiger partial charge in [-0.3, -0.25) is 4.79 Å². The zero-order valence-corrected chi connectivity index (χ0v) is 18.9. The van der Waals surface area contributed by atoms with Crippen LogP contribution in [0.5, 0.6) is 0 Å². The third-order valence-corrected chi connectivity index (χ3v) is 5.58. The molecule has 9 nitrogen and oxygen atoms in total. The second kappa shape index (κ2) is 11.4. The van der Waals surface area contributed by atoms with Gasteiger partial charge in [0, 0.05) is 32.6 Å². The predicted molar refractivity (Wildman–Crippen MR) is 124 cm³/mol. The molecule has 2 aromatic carbocycles. The molecule has 0 radical (unpaired) electrons. The largest absolute Gasteiger partial charge is 0.434 e. The van der Waals surface area contributed by atoms with E-state index in [1.54, 1.807) is 12.1 Å². The Morgan fingerprint density at radius 2 is 1.71 bits per heavy atom. The van der Waals surface area contributed by atoms with Gasteiger partial charge < -0.3 is 23.7 Å². The van der Waals surface area contributed by atoms with E-state index in [0.717, 1.165) is 5.56 Å². The zero-order chi connectivity index (χ0) is 23.8. The van der Waals surface area contributed by atoms with E-state index in [0.29, 0.717) is 56.8 Å². The van der Waals surface area contributed by atoms with Crippen molar-refractivity contribution in [3.8, 4) is 0 Å². The lowest BCUT2D eigenvalue weighted by Crippen LogP contribution is -2.44. The van der Waals surface area contributed by atoms with Crippen molar-refractivity contribution in [3.05, 3.63) is 66.1 Å². The molecular weight excluding hydrogens is 438 g/mol. The summed E-state index contributed by atoms with van der Waals surface area (Å²) in [6, 6.07) is 16.9. The minimum absolute atomic E-state index is 0.0575. The fourth-order valence-corrected chi connectivity index (χ4v) is 3.68. The maximum absolute atomic E-state index is 12.8. The summed E-state index contributed by atoms with van der Waals surface area (Å²) >= 11 is 0. The van der Waals surface area contributed by atoms with E-state index in [-0.39, 0.29) is 24.6 Å². The third kappa shape index (κ3) is 6.20. The number of Topliss-reactive ketones (excluding diaryl/α,β-unsaturated/α-hetero) is 1. The predicted octanol–water partition coefficient (Wildman–Crippen LogP) is 3.92. The molecule has 1 fully saturated rings. The Morgan fingerprint density at radius 3 is 2.47 bits per heavy atom. The van der Waals surface area contributed by atoms with Crippen molar-refractivity contribution >= 4 is 29.1 Å². The molecule has 0 saturated carbocycles. The highest BCUT2D eigenvalue weighted by Crippen LogP contribution is 2.16. The summed E-state index contributed by atoms with van der Waals surface area (Å²) in [5.74, 6) is -0.181. The molecule has 1 aliphatic heterocycles. The summed E-state index contributed by atoms with van der Waals surface area (Å²) in [4.78, 5) is 44.9. The molecule has 0 N–H and O–H groups in total. The monoisotopic (exact) mass is 465 g/mol. The number of rotatable bonds is 8. The molecule has 0 unspecified atom stereocenters. The molecule has 9 heteroatoms. The van der Waals surface area contributed by atoms with Crippen LogP contribution in [0.15, 0.2) is 59.0 Å². The van der Waals surface area contributed by atoms with Gasteiger partial charge in [-0.25, -0.2) is 14.6 Å². The minimum Gasteiger partial charge on any atom is -0.434 e. The van der Waals surface area contributed by atoms with Crippen LogP contribution in [0.3, 0.4) is 0 Å². The quantitative estimate of drug-likeness (QED) is 0.367. The summed E-state index contributed by atoms with van der Waals surface area (Å²) in [5, 5.41) is 0. The molecule has 1 aromatic heterocycles. The minimum atomic E-state index is -0.721. The van der Waals surface area contributed by atoms with Crippen LogP contribution in [-0.4, -0.2) is 72.1 Å². The van der Waals surface area contributed by atoms with Crippen molar-refractivity contribution in [1.82, 2.24) is 14.8 Å². The molecule has 178 valence electrons. The zero-order valence-electron chi connectivity index (χ0n) is 18.9. The number of ketones is 1. The van der Waals surface area contributed by atoms with Gasteiger partial charge in [0.05, 0.1) is 13.2 Å². The Hall–Kier alpha value is -3.72. The highest BCUT2D eigenvalue weighted by molar-refractivity contribution is 5.94. The first kappa shape index (κ1) is 23.4. The number of amides is 2. The van der Waals surface area contributed by atoms with E-state index in [1.807, 2.05) is 42.5 Å². The van der Waals surface area contributed by atoms with Crippen LogP contribution in [-0.2, 0) is 15.9 Å².